The first-order chi connectivity index (χ1) is 13.3. The van der Waals surface area contributed by atoms with Crippen molar-refractivity contribution in [1.82, 2.24) is 10.0 Å². The van der Waals surface area contributed by atoms with Crippen LogP contribution < -0.4 is 15.4 Å². The van der Waals surface area contributed by atoms with Gasteiger partial charge in [-0.3, -0.25) is 0 Å². The molecule has 0 radical (unpaired) electrons. The van der Waals surface area contributed by atoms with E-state index in [0.717, 1.165) is 24.0 Å². The summed E-state index contributed by atoms with van der Waals surface area (Å²) < 4.78 is 27.5. The van der Waals surface area contributed by atoms with Gasteiger partial charge in [0.1, 0.15) is 0 Å². The Labute approximate surface area is 171 Å². The van der Waals surface area contributed by atoms with Crippen LogP contribution in [0, 0.1) is 0 Å². The van der Waals surface area contributed by atoms with E-state index in [0.29, 0.717) is 11.6 Å². The van der Waals surface area contributed by atoms with Gasteiger partial charge in [0.05, 0.1) is 4.90 Å². The summed E-state index contributed by atoms with van der Waals surface area (Å²) in [6.07, 6.45) is 1.68. The van der Waals surface area contributed by atoms with E-state index in [1.165, 1.54) is 0 Å². The summed E-state index contributed by atoms with van der Waals surface area (Å²) in [4.78, 5) is 11.9. The van der Waals surface area contributed by atoms with Crippen LogP contribution in [0.3, 0.4) is 0 Å². The number of carbonyl (C=O) groups is 1. The molecule has 6 nitrogen and oxygen atoms in total. The highest BCUT2D eigenvalue weighted by Crippen LogP contribution is 2.14. The quantitative estimate of drug-likeness (QED) is 0.535. The third-order valence-electron chi connectivity index (χ3n) is 3.93. The van der Waals surface area contributed by atoms with E-state index in [2.05, 4.69) is 15.4 Å². The third-order valence-corrected chi connectivity index (χ3v) is 5.62. The predicted molar refractivity (Wildman–Crippen MR) is 113 cm³/mol. The predicted octanol–water partition coefficient (Wildman–Crippen LogP) is 3.87. The Morgan fingerprint density at radius 3 is 2.18 bits per heavy atom. The topological polar surface area (TPSA) is 87.3 Å². The Morgan fingerprint density at radius 2 is 1.61 bits per heavy atom. The summed E-state index contributed by atoms with van der Waals surface area (Å²) in [7, 11) is -3.59. The second kappa shape index (κ2) is 10.5. The molecule has 3 N–H and O–H groups in total. The standard InChI is InChI=1S/C20H26ClN3O3S/c1-15(2)23-20(25)24-18-9-5-17(6-10-18)14-22-28(26,27)19-11-7-16(8-12-19)4-3-13-21/h5-12,15,22H,3-4,13-14H2,1-2H3,(H2,23,24,25). The van der Waals surface area contributed by atoms with Crippen molar-refractivity contribution in [1.29, 1.82) is 0 Å². The van der Waals surface area contributed by atoms with Gasteiger partial charge in [-0.05, 0) is 62.1 Å². The number of alkyl halides is 1. The van der Waals surface area contributed by atoms with Crippen molar-refractivity contribution >= 4 is 33.3 Å². The first-order valence-corrected chi connectivity index (χ1v) is 11.1. The molecule has 0 atom stereocenters. The Bertz CT molecular complexity index is 867. The summed E-state index contributed by atoms with van der Waals surface area (Å²) in [5, 5.41) is 5.46. The smallest absolute Gasteiger partial charge is 0.319 e. The van der Waals surface area contributed by atoms with Crippen LogP contribution in [0.2, 0.25) is 0 Å². The number of benzene rings is 2. The molecule has 0 aliphatic rings. The van der Waals surface area contributed by atoms with Crippen molar-refractivity contribution in [3.8, 4) is 0 Å². The van der Waals surface area contributed by atoms with Crippen LogP contribution in [0.4, 0.5) is 10.5 Å². The summed E-state index contributed by atoms with van der Waals surface area (Å²) in [5.41, 5.74) is 2.48. The normalized spacial score (nSPS) is 11.4. The minimum Gasteiger partial charge on any atom is -0.336 e. The number of hydrogen-bond acceptors (Lipinski definition) is 3. The van der Waals surface area contributed by atoms with E-state index < -0.39 is 10.0 Å². The lowest BCUT2D eigenvalue weighted by molar-refractivity contribution is 0.250. The molecule has 2 aromatic rings. The van der Waals surface area contributed by atoms with Gasteiger partial charge in [-0.25, -0.2) is 17.9 Å². The fourth-order valence-corrected chi connectivity index (χ4v) is 3.65. The molecule has 0 bridgehead atoms. The number of rotatable bonds is 9. The van der Waals surface area contributed by atoms with E-state index in [4.69, 9.17) is 11.6 Å². The van der Waals surface area contributed by atoms with Gasteiger partial charge < -0.3 is 10.6 Å². The van der Waals surface area contributed by atoms with Crippen LogP contribution in [0.25, 0.3) is 0 Å². The molecule has 0 unspecified atom stereocenters. The Kier molecular flexibility index (Phi) is 8.29. The number of sulfonamides is 1. The highest BCUT2D eigenvalue weighted by molar-refractivity contribution is 7.89. The molecule has 0 saturated heterocycles. The van der Waals surface area contributed by atoms with Crippen molar-refractivity contribution in [2.75, 3.05) is 11.2 Å². The minimum absolute atomic E-state index is 0.0445. The second-order valence-electron chi connectivity index (χ2n) is 6.71. The lowest BCUT2D eigenvalue weighted by Gasteiger charge is -2.11. The van der Waals surface area contributed by atoms with Gasteiger partial charge in [-0.15, -0.1) is 11.6 Å². The van der Waals surface area contributed by atoms with Gasteiger partial charge in [0, 0.05) is 24.2 Å². The fraction of sp³-hybridized carbons (Fsp3) is 0.350. The summed E-state index contributed by atoms with van der Waals surface area (Å²) >= 11 is 5.68. The molecule has 2 rings (SSSR count). The molecule has 0 fully saturated rings. The zero-order valence-corrected chi connectivity index (χ0v) is 17.6. The molecule has 0 aliphatic heterocycles. The maximum atomic E-state index is 12.4. The van der Waals surface area contributed by atoms with Crippen LogP contribution in [0.15, 0.2) is 53.4 Å². The Balaban J connectivity index is 1.92. The number of anilines is 1. The highest BCUT2D eigenvalue weighted by Gasteiger charge is 2.13. The summed E-state index contributed by atoms with van der Waals surface area (Å²) in [6.45, 7) is 3.92. The summed E-state index contributed by atoms with van der Waals surface area (Å²) in [5.74, 6) is 0.582. The molecule has 0 saturated carbocycles. The van der Waals surface area contributed by atoms with E-state index >= 15 is 0 Å². The number of halogens is 1. The van der Waals surface area contributed by atoms with E-state index in [1.807, 2.05) is 26.0 Å². The number of aryl methyl sites for hydroxylation is 1. The molecule has 0 aliphatic carbocycles. The lowest BCUT2D eigenvalue weighted by atomic mass is 10.1. The van der Waals surface area contributed by atoms with E-state index in [-0.39, 0.29) is 23.5 Å². The van der Waals surface area contributed by atoms with Gasteiger partial charge in [-0.1, -0.05) is 24.3 Å². The van der Waals surface area contributed by atoms with Crippen LogP contribution in [-0.4, -0.2) is 26.4 Å². The number of urea groups is 1. The van der Waals surface area contributed by atoms with Crippen LogP contribution in [-0.2, 0) is 23.0 Å². The molecule has 0 heterocycles. The maximum absolute atomic E-state index is 12.4. The SMILES string of the molecule is CC(C)NC(=O)Nc1ccc(CNS(=O)(=O)c2ccc(CCCCl)cc2)cc1. The Hall–Kier alpha value is -2.09. The molecule has 2 aromatic carbocycles. The molecule has 2 amide bonds. The second-order valence-corrected chi connectivity index (χ2v) is 8.86. The van der Waals surface area contributed by atoms with Crippen LogP contribution in [0.5, 0.6) is 0 Å². The highest BCUT2D eigenvalue weighted by atomic mass is 35.5. The molecule has 0 spiro atoms. The number of hydrogen-bond donors (Lipinski definition) is 3. The molecule has 28 heavy (non-hydrogen) atoms. The van der Waals surface area contributed by atoms with Gasteiger partial charge in [0.15, 0.2) is 0 Å². The van der Waals surface area contributed by atoms with Crippen molar-refractivity contribution < 1.29 is 13.2 Å². The molecular formula is C20H26ClN3O3S. The molecule has 8 heteroatoms. The van der Waals surface area contributed by atoms with Crippen molar-refractivity contribution in [2.45, 2.75) is 44.2 Å². The molecule has 152 valence electrons. The number of amides is 2. The zero-order valence-electron chi connectivity index (χ0n) is 16.0. The van der Waals surface area contributed by atoms with Gasteiger partial charge in [0.25, 0.3) is 0 Å². The van der Waals surface area contributed by atoms with Gasteiger partial charge >= 0.3 is 6.03 Å². The van der Waals surface area contributed by atoms with Gasteiger partial charge in [-0.2, -0.15) is 0 Å². The largest absolute Gasteiger partial charge is 0.336 e. The third kappa shape index (κ3) is 7.14. The first-order valence-electron chi connectivity index (χ1n) is 9.11. The minimum atomic E-state index is -3.59. The number of carbonyl (C=O) groups excluding carboxylic acids is 1. The summed E-state index contributed by atoms with van der Waals surface area (Å²) in [6, 6.07) is 13.6. The monoisotopic (exact) mass is 423 g/mol. The zero-order chi connectivity index (χ0) is 20.6. The average molecular weight is 424 g/mol. The van der Waals surface area contributed by atoms with Crippen molar-refractivity contribution in [2.24, 2.45) is 0 Å². The molecular weight excluding hydrogens is 398 g/mol. The average Bonchev–Trinajstić information content (AvgIpc) is 2.65. The van der Waals surface area contributed by atoms with Crippen LogP contribution in [0.1, 0.15) is 31.4 Å². The number of nitrogens with one attached hydrogen (secondary N) is 3. The van der Waals surface area contributed by atoms with Crippen molar-refractivity contribution in [3.05, 3.63) is 59.7 Å². The lowest BCUT2D eigenvalue weighted by Crippen LogP contribution is -2.34. The fourth-order valence-electron chi connectivity index (χ4n) is 2.50. The van der Waals surface area contributed by atoms with Gasteiger partial charge in [0.2, 0.25) is 10.0 Å². The Morgan fingerprint density at radius 1 is 1.00 bits per heavy atom. The van der Waals surface area contributed by atoms with E-state index in [1.54, 1.807) is 36.4 Å². The first kappa shape index (κ1) is 22.2. The maximum Gasteiger partial charge on any atom is 0.319 e. The molecule has 0 aromatic heterocycles. The van der Waals surface area contributed by atoms with Crippen LogP contribution >= 0.6 is 11.6 Å². The van der Waals surface area contributed by atoms with Crippen molar-refractivity contribution in [3.63, 3.8) is 0 Å². The van der Waals surface area contributed by atoms with E-state index in [9.17, 15) is 13.2 Å².